The van der Waals surface area contributed by atoms with Crippen LogP contribution in [0.4, 0.5) is 0 Å². The van der Waals surface area contributed by atoms with Gasteiger partial charge in [-0.15, -0.1) is 13.2 Å². The van der Waals surface area contributed by atoms with Crippen LogP contribution in [0.25, 0.3) is 0 Å². The van der Waals surface area contributed by atoms with Crippen molar-refractivity contribution >= 4 is 11.8 Å². The fourth-order valence-electron chi connectivity index (χ4n) is 2.08. The van der Waals surface area contributed by atoms with Crippen LogP contribution >= 0.6 is 0 Å². The lowest BCUT2D eigenvalue weighted by Gasteiger charge is -2.27. The van der Waals surface area contributed by atoms with Gasteiger partial charge >= 0.3 is 0 Å². The van der Waals surface area contributed by atoms with Crippen LogP contribution in [0.3, 0.4) is 0 Å². The van der Waals surface area contributed by atoms with Gasteiger partial charge in [0, 0.05) is 54.2 Å². The Bertz CT molecular complexity index is 355. The molecule has 0 saturated carbocycles. The van der Waals surface area contributed by atoms with E-state index in [1.807, 2.05) is 12.2 Å². The first kappa shape index (κ1) is 19.4. The Morgan fingerprint density at radius 1 is 1.00 bits per heavy atom. The summed E-state index contributed by atoms with van der Waals surface area (Å²) >= 11 is 0. The molecule has 0 heterocycles. The Morgan fingerprint density at radius 2 is 1.52 bits per heavy atom. The summed E-state index contributed by atoms with van der Waals surface area (Å²) < 4.78 is 0. The molecule has 21 heavy (non-hydrogen) atoms. The van der Waals surface area contributed by atoms with Crippen molar-refractivity contribution in [3.63, 3.8) is 0 Å². The maximum absolute atomic E-state index is 12.3. The van der Waals surface area contributed by atoms with Gasteiger partial charge in [-0.05, 0) is 6.42 Å². The highest BCUT2D eigenvalue weighted by molar-refractivity contribution is 5.80. The molecule has 5 heteroatoms. The van der Waals surface area contributed by atoms with Gasteiger partial charge in [0.1, 0.15) is 0 Å². The van der Waals surface area contributed by atoms with Crippen molar-refractivity contribution in [1.82, 2.24) is 14.7 Å². The number of carbonyl (C=O) groups excluding carboxylic acids is 2. The highest BCUT2D eigenvalue weighted by Gasteiger charge is 2.23. The Hall–Kier alpha value is -1.62. The van der Waals surface area contributed by atoms with Crippen LogP contribution in [0.5, 0.6) is 0 Å². The molecule has 0 aromatic carbocycles. The third kappa shape index (κ3) is 7.66. The van der Waals surface area contributed by atoms with E-state index in [2.05, 4.69) is 18.1 Å². The lowest BCUT2D eigenvalue weighted by molar-refractivity contribution is -0.134. The zero-order valence-corrected chi connectivity index (χ0v) is 13.8. The first-order valence-corrected chi connectivity index (χ1v) is 7.18. The Balaban J connectivity index is 4.79. The smallest absolute Gasteiger partial charge is 0.226 e. The molecule has 5 nitrogen and oxygen atoms in total. The van der Waals surface area contributed by atoms with Gasteiger partial charge in [0.05, 0.1) is 5.92 Å². The van der Waals surface area contributed by atoms with Gasteiger partial charge in [0.25, 0.3) is 0 Å². The van der Waals surface area contributed by atoms with Crippen molar-refractivity contribution in [3.8, 4) is 0 Å². The van der Waals surface area contributed by atoms with Gasteiger partial charge in [0.2, 0.25) is 11.8 Å². The van der Waals surface area contributed by atoms with Crippen molar-refractivity contribution in [2.24, 2.45) is 5.92 Å². The number of hydrogen-bond acceptors (Lipinski definition) is 3. The van der Waals surface area contributed by atoms with Crippen LogP contribution in [0.2, 0.25) is 0 Å². The number of hydrogen-bond donors (Lipinski definition) is 0. The maximum Gasteiger partial charge on any atom is 0.226 e. The second kappa shape index (κ2) is 10.2. The van der Waals surface area contributed by atoms with Crippen molar-refractivity contribution in [2.75, 3.05) is 47.8 Å². The van der Waals surface area contributed by atoms with Crippen LogP contribution in [0, 0.1) is 5.92 Å². The quantitative estimate of drug-likeness (QED) is 0.570. The van der Waals surface area contributed by atoms with Crippen LogP contribution in [0.1, 0.15) is 12.8 Å². The molecule has 0 aliphatic heterocycles. The molecule has 0 rings (SSSR count). The maximum atomic E-state index is 12.3. The van der Waals surface area contributed by atoms with E-state index >= 15 is 0 Å². The number of amides is 2. The molecule has 0 aromatic heterocycles. The largest absolute Gasteiger partial charge is 0.349 e. The zero-order valence-electron chi connectivity index (χ0n) is 13.8. The summed E-state index contributed by atoms with van der Waals surface area (Å²) in [6.45, 7) is 9.48. The standard InChI is InChI=1S/C16H29N3O2/c1-7-11-19(12-8-2)13-14(16(21)18(5)6)9-10-15(20)17(3)4/h7-8,14H,1-2,9-13H2,3-6H3. The summed E-state index contributed by atoms with van der Waals surface area (Å²) in [5, 5.41) is 0. The molecule has 0 aliphatic rings. The van der Waals surface area contributed by atoms with Crippen LogP contribution in [-0.2, 0) is 9.59 Å². The average molecular weight is 295 g/mol. The number of carbonyl (C=O) groups is 2. The van der Waals surface area contributed by atoms with Crippen LogP contribution in [-0.4, -0.2) is 74.3 Å². The second-order valence-corrected chi connectivity index (χ2v) is 5.55. The van der Waals surface area contributed by atoms with E-state index in [-0.39, 0.29) is 17.7 Å². The third-order valence-electron chi connectivity index (χ3n) is 3.25. The van der Waals surface area contributed by atoms with Gasteiger partial charge in [-0.2, -0.15) is 0 Å². The molecule has 2 amide bonds. The molecule has 0 N–H and O–H groups in total. The minimum atomic E-state index is -0.191. The van der Waals surface area contributed by atoms with Crippen LogP contribution in [0.15, 0.2) is 25.3 Å². The van der Waals surface area contributed by atoms with Crippen molar-refractivity contribution in [3.05, 3.63) is 25.3 Å². The van der Waals surface area contributed by atoms with E-state index < -0.39 is 0 Å². The summed E-state index contributed by atoms with van der Waals surface area (Å²) in [6.07, 6.45) is 4.56. The summed E-state index contributed by atoms with van der Waals surface area (Å²) in [5.41, 5.74) is 0. The molecule has 0 radical (unpaired) electrons. The summed E-state index contributed by atoms with van der Waals surface area (Å²) in [6, 6.07) is 0. The van der Waals surface area contributed by atoms with Gasteiger partial charge in [-0.3, -0.25) is 14.5 Å². The van der Waals surface area contributed by atoms with Gasteiger partial charge < -0.3 is 9.80 Å². The second-order valence-electron chi connectivity index (χ2n) is 5.55. The first-order chi connectivity index (χ1) is 9.83. The lowest BCUT2D eigenvalue weighted by Crippen LogP contribution is -2.39. The molecule has 1 atom stereocenters. The predicted octanol–water partition coefficient (Wildman–Crippen LogP) is 1.23. The van der Waals surface area contributed by atoms with Crippen LogP contribution < -0.4 is 0 Å². The highest BCUT2D eigenvalue weighted by Crippen LogP contribution is 2.13. The van der Waals surface area contributed by atoms with Crippen molar-refractivity contribution in [1.29, 1.82) is 0 Å². The van der Waals surface area contributed by atoms with E-state index in [1.165, 1.54) is 0 Å². The monoisotopic (exact) mass is 295 g/mol. The molecule has 120 valence electrons. The normalized spacial score (nSPS) is 11.9. The Labute approximate surface area is 128 Å². The van der Waals surface area contributed by atoms with E-state index in [0.29, 0.717) is 32.5 Å². The summed E-state index contributed by atoms with van der Waals surface area (Å²) in [7, 11) is 6.95. The molecular weight excluding hydrogens is 266 g/mol. The molecule has 0 spiro atoms. The van der Waals surface area contributed by atoms with Gasteiger partial charge in [-0.25, -0.2) is 0 Å². The summed E-state index contributed by atoms with van der Waals surface area (Å²) in [5.74, 6) is -0.0889. The van der Waals surface area contributed by atoms with E-state index in [4.69, 9.17) is 0 Å². The van der Waals surface area contributed by atoms with Crippen molar-refractivity contribution < 1.29 is 9.59 Å². The van der Waals surface area contributed by atoms with Gasteiger partial charge in [0.15, 0.2) is 0 Å². The van der Waals surface area contributed by atoms with Crippen molar-refractivity contribution in [2.45, 2.75) is 12.8 Å². The van der Waals surface area contributed by atoms with E-state index in [1.54, 1.807) is 38.0 Å². The average Bonchev–Trinajstić information content (AvgIpc) is 2.42. The minimum absolute atomic E-state index is 0.0468. The SMILES string of the molecule is C=CCN(CC=C)CC(CCC(=O)N(C)C)C(=O)N(C)C. The number of rotatable bonds is 10. The molecule has 0 fully saturated rings. The van der Waals surface area contributed by atoms with E-state index in [0.717, 1.165) is 0 Å². The number of nitrogens with zero attached hydrogens (tertiary/aromatic N) is 3. The fraction of sp³-hybridized carbons (Fsp3) is 0.625. The fourth-order valence-corrected chi connectivity index (χ4v) is 2.08. The first-order valence-electron chi connectivity index (χ1n) is 7.18. The molecule has 0 bridgehead atoms. The molecule has 1 unspecified atom stereocenters. The minimum Gasteiger partial charge on any atom is -0.349 e. The highest BCUT2D eigenvalue weighted by atomic mass is 16.2. The Morgan fingerprint density at radius 3 is 1.90 bits per heavy atom. The molecule has 0 aromatic rings. The molecule has 0 aliphatic carbocycles. The zero-order chi connectivity index (χ0) is 16.4. The molecule has 0 saturated heterocycles. The summed E-state index contributed by atoms with van der Waals surface area (Å²) in [4.78, 5) is 29.3. The topological polar surface area (TPSA) is 43.9 Å². The van der Waals surface area contributed by atoms with Gasteiger partial charge in [-0.1, -0.05) is 12.2 Å². The Kier molecular flexibility index (Phi) is 9.37. The molecular formula is C16H29N3O2. The van der Waals surface area contributed by atoms with E-state index in [9.17, 15) is 9.59 Å². The lowest BCUT2D eigenvalue weighted by atomic mass is 10.00. The predicted molar refractivity (Wildman–Crippen MR) is 86.9 cm³/mol. The third-order valence-corrected chi connectivity index (χ3v) is 3.25.